The van der Waals surface area contributed by atoms with Gasteiger partial charge < -0.3 is 19.6 Å². The van der Waals surface area contributed by atoms with Crippen LogP contribution in [0.25, 0.3) is 10.9 Å². The molecule has 1 aromatic carbocycles. The number of amides is 1. The number of aromatic amines is 2. The van der Waals surface area contributed by atoms with Gasteiger partial charge in [0.1, 0.15) is 5.69 Å². The number of hydrogen-bond donors (Lipinski definition) is 2. The number of para-hydroxylation sites is 1. The van der Waals surface area contributed by atoms with Gasteiger partial charge in [-0.2, -0.15) is 0 Å². The van der Waals surface area contributed by atoms with Gasteiger partial charge in [0, 0.05) is 35.9 Å². The SMILES string of the molecule is COC(=O)c1c(C)[nH]c(C(=O)N2CCC(c3c[nH]c4ccccc34)CC2)c1C. The molecule has 0 spiro atoms. The van der Waals surface area contributed by atoms with Crippen LogP contribution in [0.15, 0.2) is 30.5 Å². The molecular weight excluding hydrogens is 354 g/mol. The zero-order valence-electron chi connectivity index (χ0n) is 16.5. The molecule has 1 aliphatic rings. The zero-order valence-corrected chi connectivity index (χ0v) is 16.5. The summed E-state index contributed by atoms with van der Waals surface area (Å²) in [6.07, 6.45) is 3.96. The number of H-pyrrole nitrogens is 2. The highest BCUT2D eigenvalue weighted by Gasteiger charge is 2.29. The van der Waals surface area contributed by atoms with Gasteiger partial charge in [0.05, 0.1) is 12.7 Å². The predicted octanol–water partition coefficient (Wildman–Crippen LogP) is 3.92. The summed E-state index contributed by atoms with van der Waals surface area (Å²) >= 11 is 0. The fourth-order valence-electron chi connectivity index (χ4n) is 4.36. The van der Waals surface area contributed by atoms with E-state index in [1.807, 2.05) is 11.0 Å². The number of piperidine rings is 1. The summed E-state index contributed by atoms with van der Waals surface area (Å²) in [5, 5.41) is 1.27. The number of esters is 1. The molecule has 6 heteroatoms. The second-order valence-corrected chi connectivity index (χ2v) is 7.47. The van der Waals surface area contributed by atoms with Crippen LogP contribution < -0.4 is 0 Å². The molecule has 1 saturated heterocycles. The number of rotatable bonds is 3. The second kappa shape index (κ2) is 7.19. The van der Waals surface area contributed by atoms with Gasteiger partial charge in [-0.25, -0.2) is 4.79 Å². The fraction of sp³-hybridized carbons (Fsp3) is 0.364. The van der Waals surface area contributed by atoms with Crippen molar-refractivity contribution in [3.05, 3.63) is 58.5 Å². The Morgan fingerprint density at radius 1 is 1.14 bits per heavy atom. The maximum Gasteiger partial charge on any atom is 0.339 e. The third-order valence-electron chi connectivity index (χ3n) is 5.88. The third kappa shape index (κ3) is 2.99. The molecule has 0 radical (unpaired) electrons. The van der Waals surface area contributed by atoms with Crippen molar-refractivity contribution in [3.63, 3.8) is 0 Å². The Morgan fingerprint density at radius 2 is 1.86 bits per heavy atom. The minimum Gasteiger partial charge on any atom is -0.465 e. The number of carbonyl (C=O) groups excluding carboxylic acids is 2. The van der Waals surface area contributed by atoms with Crippen molar-refractivity contribution < 1.29 is 14.3 Å². The Morgan fingerprint density at radius 3 is 2.57 bits per heavy atom. The molecule has 0 aliphatic carbocycles. The van der Waals surface area contributed by atoms with Crippen molar-refractivity contribution in [2.45, 2.75) is 32.6 Å². The largest absolute Gasteiger partial charge is 0.465 e. The lowest BCUT2D eigenvalue weighted by Gasteiger charge is -2.32. The number of nitrogens with one attached hydrogen (secondary N) is 2. The number of likely N-dealkylation sites (tertiary alicyclic amines) is 1. The molecule has 1 amide bonds. The maximum absolute atomic E-state index is 13.0. The number of aryl methyl sites for hydroxylation is 1. The van der Waals surface area contributed by atoms with E-state index >= 15 is 0 Å². The van der Waals surface area contributed by atoms with E-state index in [4.69, 9.17) is 4.74 Å². The molecule has 1 fully saturated rings. The average Bonchev–Trinajstić information content (AvgIpc) is 3.28. The van der Waals surface area contributed by atoms with E-state index < -0.39 is 5.97 Å². The van der Waals surface area contributed by atoms with Crippen LogP contribution >= 0.6 is 0 Å². The molecule has 6 nitrogen and oxygen atoms in total. The maximum atomic E-state index is 13.0. The van der Waals surface area contributed by atoms with Gasteiger partial charge in [-0.05, 0) is 49.8 Å². The molecule has 0 bridgehead atoms. The van der Waals surface area contributed by atoms with E-state index in [0.717, 1.165) is 18.4 Å². The average molecular weight is 379 g/mol. The molecule has 4 rings (SSSR count). The lowest BCUT2D eigenvalue weighted by atomic mass is 9.89. The van der Waals surface area contributed by atoms with Crippen molar-refractivity contribution in [2.75, 3.05) is 20.2 Å². The Kier molecular flexibility index (Phi) is 4.71. The molecule has 1 aliphatic heterocycles. The highest BCUT2D eigenvalue weighted by atomic mass is 16.5. The quantitative estimate of drug-likeness (QED) is 0.677. The van der Waals surface area contributed by atoms with E-state index in [1.54, 1.807) is 13.8 Å². The first-order valence-corrected chi connectivity index (χ1v) is 9.64. The van der Waals surface area contributed by atoms with Crippen LogP contribution in [-0.2, 0) is 4.74 Å². The van der Waals surface area contributed by atoms with E-state index in [0.29, 0.717) is 41.5 Å². The topological polar surface area (TPSA) is 78.2 Å². The van der Waals surface area contributed by atoms with E-state index in [2.05, 4.69) is 34.4 Å². The van der Waals surface area contributed by atoms with Crippen molar-refractivity contribution in [1.29, 1.82) is 0 Å². The summed E-state index contributed by atoms with van der Waals surface area (Å²) in [5.41, 5.74) is 4.77. The molecule has 28 heavy (non-hydrogen) atoms. The summed E-state index contributed by atoms with van der Waals surface area (Å²) in [4.78, 5) is 33.3. The van der Waals surface area contributed by atoms with Crippen molar-refractivity contribution in [2.24, 2.45) is 0 Å². The van der Waals surface area contributed by atoms with Crippen LogP contribution in [0.1, 0.15) is 56.4 Å². The molecule has 2 aromatic heterocycles. The third-order valence-corrected chi connectivity index (χ3v) is 5.88. The van der Waals surface area contributed by atoms with Gasteiger partial charge in [0.15, 0.2) is 0 Å². The second-order valence-electron chi connectivity index (χ2n) is 7.47. The molecule has 3 heterocycles. The highest BCUT2D eigenvalue weighted by molar-refractivity contribution is 6.00. The van der Waals surface area contributed by atoms with Crippen LogP contribution in [0.2, 0.25) is 0 Å². The summed E-state index contributed by atoms with van der Waals surface area (Å²) in [6, 6.07) is 8.34. The zero-order chi connectivity index (χ0) is 19.8. The smallest absolute Gasteiger partial charge is 0.339 e. The first kappa shape index (κ1) is 18.3. The van der Waals surface area contributed by atoms with Crippen LogP contribution in [0.3, 0.4) is 0 Å². The molecule has 0 unspecified atom stereocenters. The van der Waals surface area contributed by atoms with Gasteiger partial charge in [0.2, 0.25) is 0 Å². The number of nitrogens with zero attached hydrogens (tertiary/aromatic N) is 1. The van der Waals surface area contributed by atoms with Gasteiger partial charge >= 0.3 is 5.97 Å². The van der Waals surface area contributed by atoms with Crippen LogP contribution in [0.4, 0.5) is 0 Å². The highest BCUT2D eigenvalue weighted by Crippen LogP contribution is 2.33. The summed E-state index contributed by atoms with van der Waals surface area (Å²) in [6.45, 7) is 4.99. The van der Waals surface area contributed by atoms with Gasteiger partial charge in [-0.1, -0.05) is 18.2 Å². The Hall–Kier alpha value is -3.02. The number of fused-ring (bicyclic) bond motifs is 1. The molecule has 0 saturated carbocycles. The van der Waals surface area contributed by atoms with Crippen LogP contribution in [0.5, 0.6) is 0 Å². The minimum atomic E-state index is -0.414. The van der Waals surface area contributed by atoms with Crippen LogP contribution in [-0.4, -0.2) is 46.9 Å². The number of benzene rings is 1. The summed E-state index contributed by atoms with van der Waals surface area (Å²) in [7, 11) is 1.35. The normalized spacial score (nSPS) is 15.2. The number of hydrogen-bond acceptors (Lipinski definition) is 3. The number of aromatic nitrogens is 2. The lowest BCUT2D eigenvalue weighted by molar-refractivity contribution is 0.0599. The van der Waals surface area contributed by atoms with Gasteiger partial charge in [0.25, 0.3) is 5.91 Å². The Bertz CT molecular complexity index is 1040. The molecule has 146 valence electrons. The monoisotopic (exact) mass is 379 g/mol. The standard InChI is InChI=1S/C22H25N3O3/c1-13-19(22(27)28-3)14(2)24-20(13)21(26)25-10-8-15(9-11-25)17-12-23-18-7-5-4-6-16(17)18/h4-7,12,15,23-24H,8-11H2,1-3H3. The Labute approximate surface area is 163 Å². The van der Waals surface area contributed by atoms with Crippen molar-refractivity contribution in [1.82, 2.24) is 14.9 Å². The van der Waals surface area contributed by atoms with Crippen molar-refractivity contribution >= 4 is 22.8 Å². The lowest BCUT2D eigenvalue weighted by Crippen LogP contribution is -2.38. The van der Waals surface area contributed by atoms with Gasteiger partial charge in [-0.15, -0.1) is 0 Å². The molecule has 0 atom stereocenters. The fourth-order valence-corrected chi connectivity index (χ4v) is 4.36. The molecule has 2 N–H and O–H groups in total. The number of methoxy groups -OCH3 is 1. The molecular formula is C22H25N3O3. The van der Waals surface area contributed by atoms with E-state index in [-0.39, 0.29) is 5.91 Å². The molecule has 3 aromatic rings. The van der Waals surface area contributed by atoms with E-state index in [9.17, 15) is 9.59 Å². The number of carbonyl (C=O) groups is 2. The summed E-state index contributed by atoms with van der Waals surface area (Å²) < 4.78 is 4.84. The first-order valence-electron chi connectivity index (χ1n) is 9.64. The van der Waals surface area contributed by atoms with Crippen molar-refractivity contribution in [3.8, 4) is 0 Å². The first-order chi connectivity index (χ1) is 13.5. The Balaban J connectivity index is 1.50. The van der Waals surface area contributed by atoms with Gasteiger partial charge in [-0.3, -0.25) is 4.79 Å². The number of ether oxygens (including phenoxy) is 1. The summed E-state index contributed by atoms with van der Waals surface area (Å²) in [5.74, 6) is -0.0196. The van der Waals surface area contributed by atoms with Crippen LogP contribution in [0, 0.1) is 13.8 Å². The predicted molar refractivity (Wildman–Crippen MR) is 108 cm³/mol. The van der Waals surface area contributed by atoms with E-state index in [1.165, 1.54) is 18.1 Å². The minimum absolute atomic E-state index is 0.0480.